The molecule has 0 unspecified atom stereocenters. The lowest BCUT2D eigenvalue weighted by Gasteiger charge is -2.18. The van der Waals surface area contributed by atoms with Gasteiger partial charge in [-0.2, -0.15) is 4.98 Å². The number of rotatable bonds is 6. The zero-order chi connectivity index (χ0) is 20.6. The fourth-order valence-electron chi connectivity index (χ4n) is 3.11. The molecule has 0 spiro atoms. The molecule has 0 fully saturated rings. The van der Waals surface area contributed by atoms with Gasteiger partial charge in [-0.1, -0.05) is 12.1 Å². The van der Waals surface area contributed by atoms with Crippen molar-refractivity contribution in [2.75, 3.05) is 25.6 Å². The van der Waals surface area contributed by atoms with Crippen LogP contribution in [0.3, 0.4) is 0 Å². The van der Waals surface area contributed by atoms with Gasteiger partial charge in [0.15, 0.2) is 11.2 Å². The third-order valence-electron chi connectivity index (χ3n) is 4.55. The fraction of sp³-hybridized carbons (Fsp3) is 0.421. The summed E-state index contributed by atoms with van der Waals surface area (Å²) < 4.78 is 9.66. The van der Waals surface area contributed by atoms with Crippen LogP contribution in [0.25, 0.3) is 11.2 Å². The molecule has 1 atom stereocenters. The van der Waals surface area contributed by atoms with E-state index in [1.54, 1.807) is 30.6 Å². The van der Waals surface area contributed by atoms with E-state index in [4.69, 9.17) is 4.74 Å². The van der Waals surface area contributed by atoms with Gasteiger partial charge < -0.3 is 19.3 Å². The second-order valence-corrected chi connectivity index (χ2v) is 7.08. The number of aliphatic hydroxyl groups excluding tert-OH is 1. The highest BCUT2D eigenvalue weighted by Crippen LogP contribution is 2.19. The van der Waals surface area contributed by atoms with E-state index in [1.165, 1.54) is 11.6 Å². The second-order valence-electron chi connectivity index (χ2n) is 7.08. The Bertz CT molecular complexity index is 1130. The van der Waals surface area contributed by atoms with Gasteiger partial charge in [0, 0.05) is 28.2 Å². The van der Waals surface area contributed by atoms with E-state index >= 15 is 0 Å². The lowest BCUT2D eigenvalue weighted by Crippen LogP contribution is -2.38. The first-order valence-corrected chi connectivity index (χ1v) is 8.91. The maximum absolute atomic E-state index is 12.7. The normalized spacial score (nSPS) is 12.4. The van der Waals surface area contributed by atoms with Crippen molar-refractivity contribution in [2.24, 2.45) is 14.1 Å². The number of ether oxygens (including phenoxy) is 1. The Hall–Kier alpha value is -3.07. The number of imidazole rings is 1. The van der Waals surface area contributed by atoms with Gasteiger partial charge in [0.2, 0.25) is 5.95 Å². The molecule has 0 saturated heterocycles. The van der Waals surface area contributed by atoms with E-state index in [9.17, 15) is 14.7 Å². The molecule has 3 rings (SSSR count). The van der Waals surface area contributed by atoms with Crippen molar-refractivity contribution in [3.8, 4) is 5.75 Å². The summed E-state index contributed by atoms with van der Waals surface area (Å²) in [6.07, 6.45) is -0.876. The van der Waals surface area contributed by atoms with Crippen LogP contribution >= 0.6 is 0 Å². The van der Waals surface area contributed by atoms with Gasteiger partial charge >= 0.3 is 5.69 Å². The molecule has 0 amide bonds. The van der Waals surface area contributed by atoms with Crippen LogP contribution < -0.4 is 20.9 Å². The smallest absolute Gasteiger partial charge is 0.332 e. The van der Waals surface area contributed by atoms with Crippen molar-refractivity contribution < 1.29 is 9.84 Å². The van der Waals surface area contributed by atoms with Crippen LogP contribution in [0, 0.1) is 6.92 Å². The summed E-state index contributed by atoms with van der Waals surface area (Å²) in [5.41, 5.74) is 0.708. The Morgan fingerprint density at radius 3 is 2.57 bits per heavy atom. The van der Waals surface area contributed by atoms with Crippen LogP contribution in [-0.2, 0) is 20.6 Å². The average molecular weight is 387 g/mol. The van der Waals surface area contributed by atoms with Crippen molar-refractivity contribution >= 4 is 17.1 Å². The van der Waals surface area contributed by atoms with E-state index in [2.05, 4.69) is 4.98 Å². The minimum atomic E-state index is -0.876. The first kappa shape index (κ1) is 19.7. The first-order valence-electron chi connectivity index (χ1n) is 8.91. The largest absolute Gasteiger partial charge is 0.491 e. The van der Waals surface area contributed by atoms with E-state index < -0.39 is 17.4 Å². The molecule has 28 heavy (non-hydrogen) atoms. The van der Waals surface area contributed by atoms with Crippen molar-refractivity contribution in [3.05, 3.63) is 50.7 Å². The van der Waals surface area contributed by atoms with E-state index in [0.29, 0.717) is 11.7 Å². The molecule has 2 heterocycles. The molecule has 150 valence electrons. The van der Waals surface area contributed by atoms with Gasteiger partial charge in [0.1, 0.15) is 18.5 Å². The highest BCUT2D eigenvalue weighted by atomic mass is 16.5. The summed E-state index contributed by atoms with van der Waals surface area (Å²) in [7, 11) is 6.57. The van der Waals surface area contributed by atoms with Gasteiger partial charge in [0.05, 0.1) is 6.54 Å². The number of anilines is 1. The maximum atomic E-state index is 12.7. The molecule has 1 aromatic carbocycles. The molecule has 9 nitrogen and oxygen atoms in total. The van der Waals surface area contributed by atoms with Crippen molar-refractivity contribution in [2.45, 2.75) is 19.6 Å². The molecule has 1 N–H and O–H groups in total. The number of nitrogens with zero attached hydrogens (tertiary/aromatic N) is 5. The monoisotopic (exact) mass is 387 g/mol. The fourth-order valence-corrected chi connectivity index (χ4v) is 3.11. The van der Waals surface area contributed by atoms with Crippen molar-refractivity contribution in [1.82, 2.24) is 18.7 Å². The van der Waals surface area contributed by atoms with Crippen LogP contribution in [0.5, 0.6) is 5.75 Å². The molecule has 0 aliphatic rings. The zero-order valence-electron chi connectivity index (χ0n) is 16.7. The predicted molar refractivity (Wildman–Crippen MR) is 107 cm³/mol. The minimum Gasteiger partial charge on any atom is -0.491 e. The summed E-state index contributed by atoms with van der Waals surface area (Å²) in [6.45, 7) is 2.12. The van der Waals surface area contributed by atoms with Gasteiger partial charge in [-0.15, -0.1) is 0 Å². The standard InChI is InChI=1S/C19H25N5O4/c1-12-7-6-8-14(9-12)28-11-13(25)10-24-15-16(20-18(24)21(2)3)22(4)19(27)23(5)17(15)26/h6-9,13,25H,10-11H2,1-5H3/t13-/m1/s1. The number of hydrogen-bond acceptors (Lipinski definition) is 6. The Kier molecular flexibility index (Phi) is 5.28. The number of aliphatic hydroxyl groups is 1. The highest BCUT2D eigenvalue weighted by molar-refractivity contribution is 5.74. The number of aryl methyl sites for hydroxylation is 2. The molecule has 3 aromatic rings. The van der Waals surface area contributed by atoms with Gasteiger partial charge in [-0.3, -0.25) is 13.9 Å². The van der Waals surface area contributed by atoms with Gasteiger partial charge in [-0.25, -0.2) is 4.79 Å². The highest BCUT2D eigenvalue weighted by Gasteiger charge is 2.22. The average Bonchev–Trinajstić information content (AvgIpc) is 3.02. The summed E-state index contributed by atoms with van der Waals surface area (Å²) in [4.78, 5) is 31.1. The SMILES string of the molecule is Cc1cccc(OC[C@H](O)Cn2c(N(C)C)nc3c2c(=O)n(C)c(=O)n3C)c1. The van der Waals surface area contributed by atoms with Gasteiger partial charge in [0.25, 0.3) is 5.56 Å². The Morgan fingerprint density at radius 2 is 1.93 bits per heavy atom. The van der Waals surface area contributed by atoms with Crippen molar-refractivity contribution in [3.63, 3.8) is 0 Å². The van der Waals surface area contributed by atoms with Crippen LogP contribution in [0.2, 0.25) is 0 Å². The van der Waals surface area contributed by atoms with Crippen LogP contribution in [0.1, 0.15) is 5.56 Å². The molecule has 9 heteroatoms. The minimum absolute atomic E-state index is 0.0576. The second kappa shape index (κ2) is 7.51. The molecule has 0 bridgehead atoms. The number of hydrogen-bond donors (Lipinski definition) is 1. The number of aromatic nitrogens is 4. The summed E-state index contributed by atoms with van der Waals surface area (Å²) in [5.74, 6) is 1.14. The van der Waals surface area contributed by atoms with Crippen LogP contribution in [-0.4, -0.2) is 50.6 Å². The summed E-state index contributed by atoms with van der Waals surface area (Å²) in [5, 5.41) is 10.5. The van der Waals surface area contributed by atoms with E-state index in [0.717, 1.165) is 10.1 Å². The van der Waals surface area contributed by atoms with E-state index in [-0.39, 0.29) is 24.3 Å². The van der Waals surface area contributed by atoms with Crippen molar-refractivity contribution in [1.29, 1.82) is 0 Å². The molecule has 2 aromatic heterocycles. The third kappa shape index (κ3) is 3.53. The first-order chi connectivity index (χ1) is 13.2. The lowest BCUT2D eigenvalue weighted by atomic mass is 10.2. The molecule has 0 aliphatic carbocycles. The number of fused-ring (bicyclic) bond motifs is 1. The van der Waals surface area contributed by atoms with E-state index in [1.807, 2.05) is 31.2 Å². The quantitative estimate of drug-likeness (QED) is 0.652. The molecular weight excluding hydrogens is 362 g/mol. The molecule has 0 aliphatic heterocycles. The Labute approximate surface area is 162 Å². The third-order valence-corrected chi connectivity index (χ3v) is 4.55. The Morgan fingerprint density at radius 1 is 1.21 bits per heavy atom. The maximum Gasteiger partial charge on any atom is 0.332 e. The summed E-state index contributed by atoms with van der Waals surface area (Å²) >= 11 is 0. The van der Waals surface area contributed by atoms with Gasteiger partial charge in [-0.05, 0) is 24.6 Å². The molecule has 0 saturated carbocycles. The van der Waals surface area contributed by atoms with Crippen LogP contribution in [0.4, 0.5) is 5.95 Å². The Balaban J connectivity index is 1.96. The molecule has 0 radical (unpaired) electrons. The van der Waals surface area contributed by atoms with Crippen LogP contribution in [0.15, 0.2) is 33.9 Å². The number of benzene rings is 1. The summed E-state index contributed by atoms with van der Waals surface area (Å²) in [6, 6.07) is 7.55. The lowest BCUT2D eigenvalue weighted by molar-refractivity contribution is 0.0936. The zero-order valence-corrected chi connectivity index (χ0v) is 16.7. The molecular formula is C19H25N5O4. The topological polar surface area (TPSA) is 94.5 Å². The predicted octanol–water partition coefficient (Wildman–Crippen LogP) is 0.248.